The first kappa shape index (κ1) is 6.01. The van der Waals surface area contributed by atoms with Gasteiger partial charge in [-0.15, -0.1) is 0 Å². The molecule has 6 heavy (non-hydrogen) atoms. The molecule has 0 unspecified atom stereocenters. The Morgan fingerprint density at radius 3 is 2.17 bits per heavy atom. The second kappa shape index (κ2) is 3.21. The van der Waals surface area contributed by atoms with E-state index in [1.54, 1.807) is 6.82 Å². The van der Waals surface area contributed by atoms with E-state index in [-0.39, 0.29) is 0 Å². The summed E-state index contributed by atoms with van der Waals surface area (Å²) in [6.45, 7) is 1.56. The predicted octanol–water partition coefficient (Wildman–Crippen LogP) is -1.36. The quantitative estimate of drug-likeness (QED) is 0.408. The van der Waals surface area contributed by atoms with Gasteiger partial charge < -0.3 is 14.6 Å². The molecule has 0 aliphatic heterocycles. The molecule has 0 aromatic rings. The van der Waals surface area contributed by atoms with Crippen molar-refractivity contribution < 1.29 is 14.6 Å². The molecule has 0 aromatic heterocycles. The lowest BCUT2D eigenvalue weighted by Gasteiger charge is -1.90. The molecular formula is CH5B2O3. The molecule has 0 aliphatic rings. The van der Waals surface area contributed by atoms with Crippen LogP contribution in [0.5, 0.6) is 0 Å². The molecule has 0 saturated heterocycles. The van der Waals surface area contributed by atoms with Crippen molar-refractivity contribution in [1.29, 1.82) is 0 Å². The normalized spacial score (nSPS) is 7.83. The highest BCUT2D eigenvalue weighted by molar-refractivity contribution is 6.45. The summed E-state index contributed by atoms with van der Waals surface area (Å²) < 4.78 is 4.03. The molecule has 0 bridgehead atoms. The third-order valence-corrected chi connectivity index (χ3v) is 0.258. The summed E-state index contributed by atoms with van der Waals surface area (Å²) >= 11 is 0. The monoisotopic (exact) mass is 87.0 g/mol. The molecule has 0 rings (SSSR count). The maximum absolute atomic E-state index is 7.85. The van der Waals surface area contributed by atoms with E-state index in [4.69, 9.17) is 10.0 Å². The van der Waals surface area contributed by atoms with E-state index in [0.29, 0.717) is 0 Å². The van der Waals surface area contributed by atoms with E-state index in [9.17, 15) is 0 Å². The Hall–Kier alpha value is 0.00987. The van der Waals surface area contributed by atoms with E-state index >= 15 is 0 Å². The van der Waals surface area contributed by atoms with Crippen molar-refractivity contribution in [2.24, 2.45) is 0 Å². The topological polar surface area (TPSA) is 49.7 Å². The van der Waals surface area contributed by atoms with Crippen molar-refractivity contribution in [2.75, 3.05) is 0 Å². The van der Waals surface area contributed by atoms with Gasteiger partial charge in [-0.3, -0.25) is 0 Å². The molecule has 33 valence electrons. The van der Waals surface area contributed by atoms with Crippen LogP contribution in [0.25, 0.3) is 0 Å². The van der Waals surface area contributed by atoms with Gasteiger partial charge in [0.15, 0.2) is 0 Å². The second-order valence-corrected chi connectivity index (χ2v) is 0.698. The van der Waals surface area contributed by atoms with E-state index in [1.165, 1.54) is 7.48 Å². The molecule has 2 N–H and O–H groups in total. The molecule has 0 aliphatic carbocycles. The fourth-order valence-corrected chi connectivity index (χ4v) is 0.122. The van der Waals surface area contributed by atoms with Crippen LogP contribution in [-0.4, -0.2) is 24.9 Å². The Morgan fingerprint density at radius 2 is 2.17 bits per heavy atom. The summed E-state index contributed by atoms with van der Waals surface area (Å²) in [7, 11) is -0.458. The first-order chi connectivity index (χ1) is 2.77. The van der Waals surface area contributed by atoms with Crippen molar-refractivity contribution in [3.8, 4) is 0 Å². The highest BCUT2D eigenvalue weighted by Crippen LogP contribution is 1.66. The Morgan fingerprint density at radius 1 is 1.67 bits per heavy atom. The Balaban J connectivity index is 2.63. The van der Waals surface area contributed by atoms with Crippen molar-refractivity contribution in [2.45, 2.75) is 6.82 Å². The van der Waals surface area contributed by atoms with Gasteiger partial charge in [-0.05, 0) is 0 Å². The number of hydrogen-bond donors (Lipinski definition) is 2. The van der Waals surface area contributed by atoms with E-state index in [1.807, 2.05) is 0 Å². The summed E-state index contributed by atoms with van der Waals surface area (Å²) in [5.41, 5.74) is 0. The van der Waals surface area contributed by atoms with Crippen LogP contribution in [-0.2, 0) is 4.57 Å². The van der Waals surface area contributed by atoms with Gasteiger partial charge in [0.2, 0.25) is 0 Å². The minimum Gasteiger partial charge on any atom is -0.453 e. The van der Waals surface area contributed by atoms with Crippen molar-refractivity contribution >= 4 is 14.8 Å². The molecule has 0 atom stereocenters. The minimum atomic E-state index is -1.66. The average molecular weight is 86.7 g/mol. The molecule has 5 heteroatoms. The van der Waals surface area contributed by atoms with Gasteiger partial charge in [0.25, 0.3) is 7.48 Å². The van der Waals surface area contributed by atoms with Crippen molar-refractivity contribution in [3.05, 3.63) is 0 Å². The summed E-state index contributed by atoms with van der Waals surface area (Å²) in [4.78, 5) is 0. The van der Waals surface area contributed by atoms with E-state index in [0.717, 1.165) is 0 Å². The fourth-order valence-electron chi connectivity index (χ4n) is 0.122. The van der Waals surface area contributed by atoms with Gasteiger partial charge in [-0.1, -0.05) is 6.82 Å². The van der Waals surface area contributed by atoms with E-state index in [2.05, 4.69) is 4.57 Å². The van der Waals surface area contributed by atoms with Crippen LogP contribution >= 0.6 is 0 Å². The number of hydrogen-bond acceptors (Lipinski definition) is 3. The molecule has 0 saturated carbocycles. The molecule has 0 amide bonds. The lowest BCUT2D eigenvalue weighted by atomic mass is 10.0. The molecule has 0 spiro atoms. The zero-order chi connectivity index (χ0) is 4.99. The highest BCUT2D eigenvalue weighted by atomic mass is 16.6. The third kappa shape index (κ3) is 4.01. The zero-order valence-corrected chi connectivity index (χ0v) is 3.46. The van der Waals surface area contributed by atoms with Gasteiger partial charge in [0.1, 0.15) is 0 Å². The van der Waals surface area contributed by atoms with Crippen LogP contribution < -0.4 is 0 Å². The van der Waals surface area contributed by atoms with Crippen molar-refractivity contribution in [1.82, 2.24) is 0 Å². The maximum atomic E-state index is 7.85. The molecule has 1 radical (unpaired) electrons. The Labute approximate surface area is 37.4 Å². The molecule has 0 fully saturated rings. The van der Waals surface area contributed by atoms with Crippen molar-refractivity contribution in [3.63, 3.8) is 0 Å². The molecular weight excluding hydrogens is 81.6 g/mol. The Bertz CT molecular complexity index is 30.0. The highest BCUT2D eigenvalue weighted by Gasteiger charge is 2.03. The van der Waals surface area contributed by atoms with Gasteiger partial charge in [-0.25, -0.2) is 0 Å². The lowest BCUT2D eigenvalue weighted by molar-refractivity contribution is 0.296. The summed E-state index contributed by atoms with van der Waals surface area (Å²) in [5, 5.41) is 15.7. The average Bonchev–Trinajstić information content (AvgIpc) is 1.35. The largest absolute Gasteiger partial charge is 0.617 e. The molecule has 3 nitrogen and oxygen atoms in total. The third-order valence-electron chi connectivity index (χ3n) is 0.258. The van der Waals surface area contributed by atoms with Crippen LogP contribution in [0.15, 0.2) is 0 Å². The van der Waals surface area contributed by atoms with Gasteiger partial charge in [0.05, 0.1) is 0 Å². The lowest BCUT2D eigenvalue weighted by Crippen LogP contribution is -2.17. The predicted molar refractivity (Wildman–Crippen MR) is 22.9 cm³/mol. The molecule has 0 aromatic carbocycles. The van der Waals surface area contributed by atoms with Gasteiger partial charge in [-0.2, -0.15) is 0 Å². The first-order valence-corrected chi connectivity index (χ1v) is 1.57. The van der Waals surface area contributed by atoms with Crippen LogP contribution in [0, 0.1) is 0 Å². The van der Waals surface area contributed by atoms with Gasteiger partial charge in [0, 0.05) is 0 Å². The minimum absolute atomic E-state index is 1.20. The standard InChI is InChI=1S/CH5B2O3/c1-2-6-3(4)5/h4-5H,1H3. The first-order valence-electron chi connectivity index (χ1n) is 1.57. The van der Waals surface area contributed by atoms with Crippen LogP contribution in [0.4, 0.5) is 0 Å². The van der Waals surface area contributed by atoms with Crippen LogP contribution in [0.2, 0.25) is 6.82 Å². The second-order valence-electron chi connectivity index (χ2n) is 0.698. The Kier molecular flexibility index (Phi) is 3.21. The van der Waals surface area contributed by atoms with E-state index < -0.39 is 7.32 Å². The summed E-state index contributed by atoms with van der Waals surface area (Å²) in [6, 6.07) is 0. The van der Waals surface area contributed by atoms with Crippen LogP contribution in [0.1, 0.15) is 0 Å². The maximum Gasteiger partial charge on any atom is 0.617 e. The number of rotatable bonds is 2. The summed E-state index contributed by atoms with van der Waals surface area (Å²) in [6.07, 6.45) is 0. The van der Waals surface area contributed by atoms with Crippen LogP contribution in [0.3, 0.4) is 0 Å². The smallest absolute Gasteiger partial charge is 0.453 e. The molecule has 0 heterocycles. The zero-order valence-electron chi connectivity index (χ0n) is 3.46. The van der Waals surface area contributed by atoms with Gasteiger partial charge >= 0.3 is 7.32 Å². The summed E-state index contributed by atoms with van der Waals surface area (Å²) in [5.74, 6) is 0. The SMILES string of the molecule is C[B]OB(O)O. The fraction of sp³-hybridized carbons (Fsp3) is 1.00.